The van der Waals surface area contributed by atoms with Gasteiger partial charge in [0, 0.05) is 0 Å². The minimum absolute atomic E-state index is 0.0631. The first-order valence-corrected chi connectivity index (χ1v) is 6.22. The minimum atomic E-state index is -0.785. The predicted molar refractivity (Wildman–Crippen MR) is 61.7 cm³/mol. The molecule has 0 atom stereocenters. The maximum absolute atomic E-state index is 11.8. The summed E-state index contributed by atoms with van der Waals surface area (Å²) in [6.07, 6.45) is 3.78. The third-order valence-electron chi connectivity index (χ3n) is 2.98. The number of ether oxygens (including phenoxy) is 1. The lowest BCUT2D eigenvalue weighted by Crippen LogP contribution is -2.56. The highest BCUT2D eigenvalue weighted by molar-refractivity contribution is 6.29. The number of hydrogen-bond donors (Lipinski definition) is 1. The summed E-state index contributed by atoms with van der Waals surface area (Å²) in [5.41, 5.74) is -0.785. The fourth-order valence-electron chi connectivity index (χ4n) is 2.12. The van der Waals surface area contributed by atoms with E-state index in [2.05, 4.69) is 5.32 Å². The van der Waals surface area contributed by atoms with Gasteiger partial charge >= 0.3 is 6.09 Å². The van der Waals surface area contributed by atoms with Crippen LogP contribution in [0.25, 0.3) is 0 Å². The minimum Gasteiger partial charge on any atom is -0.450 e. The summed E-state index contributed by atoms with van der Waals surface area (Å²) in [7, 11) is 0. The van der Waals surface area contributed by atoms with Crippen LogP contribution in [-0.4, -0.2) is 29.9 Å². The SMILES string of the molecule is CCOC(=O)NC1(C(=O)CCl)CCCCC1. The number of alkyl carbamates (subject to hydrolysis) is 1. The van der Waals surface area contributed by atoms with Gasteiger partial charge in [0.2, 0.25) is 0 Å². The van der Waals surface area contributed by atoms with Crippen LogP contribution in [0.4, 0.5) is 4.79 Å². The third kappa shape index (κ3) is 3.11. The van der Waals surface area contributed by atoms with Crippen molar-refractivity contribution in [1.82, 2.24) is 5.32 Å². The van der Waals surface area contributed by atoms with Crippen LogP contribution in [0.15, 0.2) is 0 Å². The highest BCUT2D eigenvalue weighted by atomic mass is 35.5. The lowest BCUT2D eigenvalue weighted by Gasteiger charge is -2.35. The van der Waals surface area contributed by atoms with Crippen molar-refractivity contribution in [2.24, 2.45) is 0 Å². The number of amides is 1. The number of halogens is 1. The molecule has 5 heteroatoms. The van der Waals surface area contributed by atoms with Crippen molar-refractivity contribution in [2.75, 3.05) is 12.5 Å². The monoisotopic (exact) mass is 247 g/mol. The molecule has 16 heavy (non-hydrogen) atoms. The molecule has 0 radical (unpaired) electrons. The zero-order valence-corrected chi connectivity index (χ0v) is 10.3. The van der Waals surface area contributed by atoms with E-state index in [-0.39, 0.29) is 11.7 Å². The summed E-state index contributed by atoms with van der Waals surface area (Å²) in [4.78, 5) is 23.2. The molecule has 0 bridgehead atoms. The van der Waals surface area contributed by atoms with E-state index in [0.717, 1.165) is 19.3 Å². The van der Waals surface area contributed by atoms with E-state index in [1.807, 2.05) is 0 Å². The van der Waals surface area contributed by atoms with Gasteiger partial charge < -0.3 is 10.1 Å². The first kappa shape index (κ1) is 13.3. The number of alkyl halides is 1. The Morgan fingerprint density at radius 1 is 1.31 bits per heavy atom. The van der Waals surface area contributed by atoms with E-state index in [9.17, 15) is 9.59 Å². The molecular weight excluding hydrogens is 230 g/mol. The second-order valence-electron chi connectivity index (χ2n) is 4.05. The van der Waals surface area contributed by atoms with E-state index in [4.69, 9.17) is 16.3 Å². The maximum Gasteiger partial charge on any atom is 0.407 e. The number of Topliss-reactive ketones (excluding diaryl/α,β-unsaturated/α-hetero) is 1. The van der Waals surface area contributed by atoms with Crippen LogP contribution < -0.4 is 5.32 Å². The van der Waals surface area contributed by atoms with Crippen molar-refractivity contribution < 1.29 is 14.3 Å². The van der Waals surface area contributed by atoms with E-state index in [0.29, 0.717) is 19.4 Å². The van der Waals surface area contributed by atoms with Gasteiger partial charge in [-0.05, 0) is 19.8 Å². The molecule has 1 fully saturated rings. The Kier molecular flexibility index (Phi) is 5.06. The smallest absolute Gasteiger partial charge is 0.407 e. The molecule has 0 unspecified atom stereocenters. The van der Waals surface area contributed by atoms with Crippen LogP contribution in [0.2, 0.25) is 0 Å². The summed E-state index contributed by atoms with van der Waals surface area (Å²) < 4.78 is 4.82. The molecule has 1 aliphatic rings. The zero-order chi connectivity index (χ0) is 12.0. The number of hydrogen-bond acceptors (Lipinski definition) is 3. The van der Waals surface area contributed by atoms with Gasteiger partial charge in [0.1, 0.15) is 5.54 Å². The average molecular weight is 248 g/mol. The van der Waals surface area contributed by atoms with Crippen LogP contribution in [0.3, 0.4) is 0 Å². The average Bonchev–Trinajstić information content (AvgIpc) is 2.29. The van der Waals surface area contributed by atoms with Crippen molar-refractivity contribution >= 4 is 23.5 Å². The molecule has 1 N–H and O–H groups in total. The standard InChI is InChI=1S/C11H18ClNO3/c1-2-16-10(15)13-11(9(14)8-12)6-4-3-5-7-11/h2-8H2,1H3,(H,13,15). The van der Waals surface area contributed by atoms with Crippen LogP contribution in [0, 0.1) is 0 Å². The van der Waals surface area contributed by atoms with E-state index in [1.54, 1.807) is 6.92 Å². The molecule has 92 valence electrons. The molecule has 0 spiro atoms. The number of rotatable bonds is 4. The largest absolute Gasteiger partial charge is 0.450 e. The van der Waals surface area contributed by atoms with Crippen molar-refractivity contribution in [2.45, 2.75) is 44.6 Å². The Labute approximate surface area is 101 Å². The van der Waals surface area contributed by atoms with Crippen molar-refractivity contribution in [1.29, 1.82) is 0 Å². The normalized spacial score (nSPS) is 18.9. The summed E-state index contributed by atoms with van der Waals surface area (Å²) in [6, 6.07) is 0. The highest BCUT2D eigenvalue weighted by Gasteiger charge is 2.40. The van der Waals surface area contributed by atoms with Gasteiger partial charge in [-0.25, -0.2) is 4.79 Å². The summed E-state index contributed by atoms with van der Waals surface area (Å²) in [5, 5.41) is 2.69. The summed E-state index contributed by atoms with van der Waals surface area (Å²) >= 11 is 5.59. The third-order valence-corrected chi connectivity index (χ3v) is 3.22. The Bertz CT molecular complexity index is 262. The predicted octanol–water partition coefficient (Wildman–Crippen LogP) is 2.24. The van der Waals surface area contributed by atoms with E-state index >= 15 is 0 Å². The molecule has 1 amide bonds. The fraction of sp³-hybridized carbons (Fsp3) is 0.818. The number of carbonyl (C=O) groups is 2. The molecule has 0 aromatic carbocycles. The topological polar surface area (TPSA) is 55.4 Å². The molecule has 1 saturated carbocycles. The lowest BCUT2D eigenvalue weighted by atomic mass is 9.79. The molecule has 1 aliphatic carbocycles. The van der Waals surface area contributed by atoms with Crippen LogP contribution in [0.5, 0.6) is 0 Å². The van der Waals surface area contributed by atoms with Crippen molar-refractivity contribution in [3.05, 3.63) is 0 Å². The molecule has 0 aromatic heterocycles. The van der Waals surface area contributed by atoms with Gasteiger partial charge in [0.15, 0.2) is 5.78 Å². The number of carbonyl (C=O) groups excluding carboxylic acids is 2. The van der Waals surface area contributed by atoms with Gasteiger partial charge in [-0.15, -0.1) is 11.6 Å². The van der Waals surface area contributed by atoms with Crippen molar-refractivity contribution in [3.8, 4) is 0 Å². The first-order valence-electron chi connectivity index (χ1n) is 5.69. The molecular formula is C11H18ClNO3. The zero-order valence-electron chi connectivity index (χ0n) is 9.55. The fourth-order valence-corrected chi connectivity index (χ4v) is 2.38. The second kappa shape index (κ2) is 6.09. The van der Waals surface area contributed by atoms with E-state index in [1.165, 1.54) is 0 Å². The van der Waals surface area contributed by atoms with Gasteiger partial charge in [0.25, 0.3) is 0 Å². The molecule has 1 rings (SSSR count). The van der Waals surface area contributed by atoms with Gasteiger partial charge in [0.05, 0.1) is 12.5 Å². The van der Waals surface area contributed by atoms with Crippen molar-refractivity contribution in [3.63, 3.8) is 0 Å². The summed E-state index contributed by atoms with van der Waals surface area (Å²) in [6.45, 7) is 2.04. The van der Waals surface area contributed by atoms with E-state index < -0.39 is 11.6 Å². The van der Waals surface area contributed by atoms with Gasteiger partial charge in [-0.2, -0.15) is 0 Å². The molecule has 0 saturated heterocycles. The quantitative estimate of drug-likeness (QED) is 0.776. The van der Waals surface area contributed by atoms with Gasteiger partial charge in [-0.3, -0.25) is 4.79 Å². The Balaban J connectivity index is 2.70. The lowest BCUT2D eigenvalue weighted by molar-refractivity contribution is -0.124. The van der Waals surface area contributed by atoms with Crippen LogP contribution in [-0.2, 0) is 9.53 Å². The van der Waals surface area contributed by atoms with Crippen LogP contribution >= 0.6 is 11.6 Å². The Morgan fingerprint density at radius 3 is 2.44 bits per heavy atom. The second-order valence-corrected chi connectivity index (χ2v) is 4.31. The molecule has 0 aromatic rings. The Hall–Kier alpha value is -0.770. The molecule has 0 aliphatic heterocycles. The number of ketones is 1. The van der Waals surface area contributed by atoms with Crippen LogP contribution in [0.1, 0.15) is 39.0 Å². The summed E-state index contributed by atoms with van der Waals surface area (Å²) in [5.74, 6) is -0.172. The molecule has 4 nitrogen and oxygen atoms in total. The maximum atomic E-state index is 11.8. The molecule has 0 heterocycles. The van der Waals surface area contributed by atoms with Gasteiger partial charge in [-0.1, -0.05) is 19.3 Å². The Morgan fingerprint density at radius 2 is 1.94 bits per heavy atom. The first-order chi connectivity index (χ1) is 7.64. The number of nitrogens with one attached hydrogen (secondary N) is 1. The highest BCUT2D eigenvalue weighted by Crippen LogP contribution is 2.29.